The SMILES string of the molecule is Cc1nc(C2(C(=O)O)CCN(C)CC2)co1. The Labute approximate surface area is 94.1 Å². The monoisotopic (exact) mass is 224 g/mol. The minimum atomic E-state index is -0.857. The van der Waals surface area contributed by atoms with Crippen LogP contribution in [0.15, 0.2) is 10.7 Å². The molecule has 0 amide bonds. The van der Waals surface area contributed by atoms with E-state index in [1.807, 2.05) is 7.05 Å². The zero-order valence-electron chi connectivity index (χ0n) is 9.56. The molecule has 0 radical (unpaired) electrons. The van der Waals surface area contributed by atoms with Crippen molar-refractivity contribution in [1.82, 2.24) is 9.88 Å². The lowest BCUT2D eigenvalue weighted by Crippen LogP contribution is -2.46. The van der Waals surface area contributed by atoms with Crippen molar-refractivity contribution < 1.29 is 14.3 Å². The molecule has 1 saturated heterocycles. The van der Waals surface area contributed by atoms with Crippen LogP contribution in [0, 0.1) is 6.92 Å². The predicted molar refractivity (Wildman–Crippen MR) is 57.3 cm³/mol. The number of aryl methyl sites for hydroxylation is 1. The largest absolute Gasteiger partial charge is 0.481 e. The minimum absolute atomic E-state index is 0.523. The summed E-state index contributed by atoms with van der Waals surface area (Å²) >= 11 is 0. The van der Waals surface area contributed by atoms with E-state index in [-0.39, 0.29) is 0 Å². The normalized spacial score (nSPS) is 20.9. The van der Waals surface area contributed by atoms with Crippen LogP contribution >= 0.6 is 0 Å². The molecule has 0 aromatic carbocycles. The van der Waals surface area contributed by atoms with Gasteiger partial charge in [-0.25, -0.2) is 4.98 Å². The van der Waals surface area contributed by atoms with Crippen molar-refractivity contribution in [3.05, 3.63) is 17.8 Å². The van der Waals surface area contributed by atoms with Gasteiger partial charge in [-0.05, 0) is 33.0 Å². The smallest absolute Gasteiger partial charge is 0.315 e. The van der Waals surface area contributed by atoms with E-state index in [4.69, 9.17) is 4.42 Å². The lowest BCUT2D eigenvalue weighted by atomic mass is 9.76. The van der Waals surface area contributed by atoms with E-state index in [1.54, 1.807) is 6.92 Å². The molecule has 0 saturated carbocycles. The summed E-state index contributed by atoms with van der Waals surface area (Å²) in [5.74, 6) is -0.275. The highest BCUT2D eigenvalue weighted by Gasteiger charge is 2.44. The number of hydrogen-bond donors (Lipinski definition) is 1. The van der Waals surface area contributed by atoms with Crippen LogP contribution in [0.3, 0.4) is 0 Å². The first-order chi connectivity index (χ1) is 7.54. The van der Waals surface area contributed by atoms with Gasteiger partial charge in [-0.15, -0.1) is 0 Å². The molecule has 1 aliphatic heterocycles. The highest BCUT2D eigenvalue weighted by Crippen LogP contribution is 2.34. The molecule has 1 aromatic heterocycles. The van der Waals surface area contributed by atoms with Gasteiger partial charge in [-0.1, -0.05) is 0 Å². The summed E-state index contributed by atoms with van der Waals surface area (Å²) < 4.78 is 5.13. The fourth-order valence-electron chi connectivity index (χ4n) is 2.16. The van der Waals surface area contributed by atoms with Crippen molar-refractivity contribution in [3.63, 3.8) is 0 Å². The minimum Gasteiger partial charge on any atom is -0.481 e. The van der Waals surface area contributed by atoms with Gasteiger partial charge in [0.15, 0.2) is 5.89 Å². The van der Waals surface area contributed by atoms with Gasteiger partial charge in [-0.3, -0.25) is 4.79 Å². The summed E-state index contributed by atoms with van der Waals surface area (Å²) in [6, 6.07) is 0. The third-order valence-corrected chi connectivity index (χ3v) is 3.36. The zero-order chi connectivity index (χ0) is 11.8. The third-order valence-electron chi connectivity index (χ3n) is 3.36. The molecule has 88 valence electrons. The van der Waals surface area contributed by atoms with Crippen LogP contribution in [0.2, 0.25) is 0 Å². The van der Waals surface area contributed by atoms with E-state index in [0.717, 1.165) is 13.1 Å². The summed E-state index contributed by atoms with van der Waals surface area (Å²) in [5, 5.41) is 9.44. The zero-order valence-corrected chi connectivity index (χ0v) is 9.56. The molecule has 0 unspecified atom stereocenters. The quantitative estimate of drug-likeness (QED) is 0.812. The molecule has 5 heteroatoms. The number of hydrogen-bond acceptors (Lipinski definition) is 4. The molecular formula is C11H16N2O3. The number of oxazole rings is 1. The maximum atomic E-state index is 11.5. The van der Waals surface area contributed by atoms with Crippen LogP contribution < -0.4 is 0 Å². The van der Waals surface area contributed by atoms with Gasteiger partial charge in [0.25, 0.3) is 0 Å². The summed E-state index contributed by atoms with van der Waals surface area (Å²) in [6.07, 6.45) is 2.66. The number of rotatable bonds is 2. The summed E-state index contributed by atoms with van der Waals surface area (Å²) in [4.78, 5) is 17.8. The Morgan fingerprint density at radius 3 is 2.62 bits per heavy atom. The molecule has 5 nitrogen and oxygen atoms in total. The molecule has 2 rings (SSSR count). The highest BCUT2D eigenvalue weighted by atomic mass is 16.4. The molecule has 0 spiro atoms. The molecular weight excluding hydrogens is 208 g/mol. The Morgan fingerprint density at radius 1 is 1.56 bits per heavy atom. The van der Waals surface area contributed by atoms with Gasteiger partial charge >= 0.3 is 5.97 Å². The van der Waals surface area contributed by atoms with Crippen LogP contribution in [0.25, 0.3) is 0 Å². The van der Waals surface area contributed by atoms with E-state index in [1.165, 1.54) is 6.26 Å². The molecule has 0 bridgehead atoms. The molecule has 0 aliphatic carbocycles. The first-order valence-electron chi connectivity index (χ1n) is 5.39. The standard InChI is InChI=1S/C11H16N2O3/c1-8-12-9(7-16-8)11(10(14)15)3-5-13(2)6-4-11/h7H,3-6H2,1-2H3,(H,14,15). The van der Waals surface area contributed by atoms with Gasteiger partial charge < -0.3 is 14.4 Å². The second kappa shape index (κ2) is 3.90. The number of aromatic nitrogens is 1. The van der Waals surface area contributed by atoms with Crippen molar-refractivity contribution >= 4 is 5.97 Å². The number of piperidine rings is 1. The maximum Gasteiger partial charge on any atom is 0.315 e. The first-order valence-corrected chi connectivity index (χ1v) is 5.39. The summed E-state index contributed by atoms with van der Waals surface area (Å²) in [7, 11) is 2.00. The van der Waals surface area contributed by atoms with Gasteiger partial charge in [-0.2, -0.15) is 0 Å². The first kappa shape index (κ1) is 11.1. The van der Waals surface area contributed by atoms with Crippen molar-refractivity contribution in [2.24, 2.45) is 0 Å². The maximum absolute atomic E-state index is 11.5. The second-order valence-corrected chi connectivity index (χ2v) is 4.44. The molecule has 1 N–H and O–H groups in total. The Bertz CT molecular complexity index is 392. The van der Waals surface area contributed by atoms with E-state index in [2.05, 4.69) is 9.88 Å². The fraction of sp³-hybridized carbons (Fsp3) is 0.636. The van der Waals surface area contributed by atoms with E-state index < -0.39 is 11.4 Å². The van der Waals surface area contributed by atoms with Crippen molar-refractivity contribution in [2.75, 3.05) is 20.1 Å². The van der Waals surface area contributed by atoms with E-state index in [0.29, 0.717) is 24.4 Å². The second-order valence-electron chi connectivity index (χ2n) is 4.44. The number of likely N-dealkylation sites (tertiary alicyclic amines) is 1. The lowest BCUT2D eigenvalue weighted by molar-refractivity contribution is -0.146. The summed E-state index contributed by atoms with van der Waals surface area (Å²) in [6.45, 7) is 3.28. The van der Waals surface area contributed by atoms with Crippen LogP contribution in [0.5, 0.6) is 0 Å². The van der Waals surface area contributed by atoms with Gasteiger partial charge in [0.2, 0.25) is 0 Å². The third kappa shape index (κ3) is 1.71. The van der Waals surface area contributed by atoms with Crippen molar-refractivity contribution in [3.8, 4) is 0 Å². The Hall–Kier alpha value is -1.36. The van der Waals surface area contributed by atoms with Gasteiger partial charge in [0, 0.05) is 6.92 Å². The topological polar surface area (TPSA) is 66.6 Å². The molecule has 16 heavy (non-hydrogen) atoms. The average Bonchev–Trinajstić information content (AvgIpc) is 2.66. The number of nitrogens with zero attached hydrogens (tertiary/aromatic N) is 2. The molecule has 1 fully saturated rings. The Kier molecular flexibility index (Phi) is 2.71. The Morgan fingerprint density at radius 2 is 2.19 bits per heavy atom. The average molecular weight is 224 g/mol. The fourth-order valence-corrected chi connectivity index (χ4v) is 2.16. The van der Waals surface area contributed by atoms with Crippen LogP contribution in [0.1, 0.15) is 24.4 Å². The Balaban J connectivity index is 2.33. The number of aliphatic carboxylic acids is 1. The number of carboxylic acids is 1. The molecule has 1 aromatic rings. The van der Waals surface area contributed by atoms with Crippen LogP contribution in [-0.2, 0) is 10.2 Å². The molecule has 0 atom stereocenters. The lowest BCUT2D eigenvalue weighted by Gasteiger charge is -2.35. The summed E-state index contributed by atoms with van der Waals surface area (Å²) in [5.41, 5.74) is -0.296. The van der Waals surface area contributed by atoms with Crippen LogP contribution in [-0.4, -0.2) is 41.1 Å². The van der Waals surface area contributed by atoms with E-state index >= 15 is 0 Å². The highest BCUT2D eigenvalue weighted by molar-refractivity contribution is 5.80. The number of carbonyl (C=O) groups is 1. The molecule has 1 aliphatic rings. The van der Waals surface area contributed by atoms with Crippen molar-refractivity contribution in [2.45, 2.75) is 25.2 Å². The van der Waals surface area contributed by atoms with Crippen LogP contribution in [0.4, 0.5) is 0 Å². The van der Waals surface area contributed by atoms with Gasteiger partial charge in [0.1, 0.15) is 11.7 Å². The number of carboxylic acid groups (broad SMARTS) is 1. The molecule has 2 heterocycles. The van der Waals surface area contributed by atoms with Crippen molar-refractivity contribution in [1.29, 1.82) is 0 Å². The van der Waals surface area contributed by atoms with E-state index in [9.17, 15) is 9.90 Å². The predicted octanol–water partition coefficient (Wildman–Crippen LogP) is 1.03. The van der Waals surface area contributed by atoms with Gasteiger partial charge in [0.05, 0.1) is 5.69 Å².